The molecule has 1 aromatic heterocycles. The largest absolute Gasteiger partial charge is 0.391 e. The molecule has 16 heavy (non-hydrogen) atoms. The van der Waals surface area contributed by atoms with Crippen molar-refractivity contribution < 1.29 is 9.90 Å². The third kappa shape index (κ3) is 3.53. The van der Waals surface area contributed by atoms with E-state index in [1.165, 1.54) is 0 Å². The van der Waals surface area contributed by atoms with Crippen LogP contribution in [0.5, 0.6) is 0 Å². The van der Waals surface area contributed by atoms with Gasteiger partial charge in [0.2, 0.25) is 0 Å². The van der Waals surface area contributed by atoms with Crippen molar-refractivity contribution in [2.45, 2.75) is 39.2 Å². The highest BCUT2D eigenvalue weighted by atomic mass is 32.1. The van der Waals surface area contributed by atoms with Crippen LogP contribution < -0.4 is 5.32 Å². The second-order valence-electron chi connectivity index (χ2n) is 3.57. The Morgan fingerprint density at radius 2 is 2.31 bits per heavy atom. The molecule has 0 fully saturated rings. The van der Waals surface area contributed by atoms with Gasteiger partial charge in [-0.1, -0.05) is 24.8 Å². The number of nitrogens with one attached hydrogen (secondary N) is 1. The summed E-state index contributed by atoms with van der Waals surface area (Å²) in [6, 6.07) is 0. The second kappa shape index (κ2) is 6.55. The van der Waals surface area contributed by atoms with Gasteiger partial charge >= 0.3 is 0 Å². The van der Waals surface area contributed by atoms with Gasteiger partial charge in [-0.2, -0.15) is 0 Å². The zero-order valence-corrected chi connectivity index (χ0v) is 10.4. The average molecular weight is 243 g/mol. The number of aryl methyl sites for hydroxylation is 1. The lowest BCUT2D eigenvalue weighted by Crippen LogP contribution is -2.31. The maximum Gasteiger partial charge on any atom is 0.265 e. The smallest absolute Gasteiger partial charge is 0.265 e. The molecule has 0 aliphatic carbocycles. The van der Waals surface area contributed by atoms with Crippen molar-refractivity contribution in [2.24, 2.45) is 0 Å². The molecule has 2 N–H and O–H groups in total. The van der Waals surface area contributed by atoms with Gasteiger partial charge in [-0.05, 0) is 24.4 Å². The Labute approximate surface area is 99.0 Å². The molecule has 1 rings (SSSR count). The Balaban J connectivity index is 2.55. The van der Waals surface area contributed by atoms with E-state index in [1.54, 1.807) is 0 Å². The fourth-order valence-electron chi connectivity index (χ4n) is 1.22. The van der Waals surface area contributed by atoms with E-state index >= 15 is 0 Å². The molecule has 0 saturated heterocycles. The maximum atomic E-state index is 11.7. The van der Waals surface area contributed by atoms with Crippen LogP contribution in [0, 0.1) is 0 Å². The summed E-state index contributed by atoms with van der Waals surface area (Å²) in [4.78, 5) is 12.3. The topological polar surface area (TPSA) is 75.1 Å². The standard InChI is InChI=1S/C10H17N3O2S/c1-3-5-8-9(16-13-12-8)10(15)11-6-7(14)4-2/h7,14H,3-6H2,1-2H3,(H,11,15). The van der Waals surface area contributed by atoms with E-state index < -0.39 is 6.10 Å². The average Bonchev–Trinajstić information content (AvgIpc) is 2.74. The molecular formula is C10H17N3O2S. The zero-order chi connectivity index (χ0) is 12.0. The Hall–Kier alpha value is -1.01. The third-order valence-electron chi connectivity index (χ3n) is 2.22. The number of aliphatic hydroxyl groups excluding tert-OH is 1. The molecule has 1 unspecified atom stereocenters. The van der Waals surface area contributed by atoms with E-state index in [9.17, 15) is 9.90 Å². The highest BCUT2D eigenvalue weighted by molar-refractivity contribution is 7.08. The normalized spacial score (nSPS) is 12.4. The molecule has 1 aromatic rings. The number of hydrogen-bond acceptors (Lipinski definition) is 5. The third-order valence-corrected chi connectivity index (χ3v) is 2.99. The summed E-state index contributed by atoms with van der Waals surface area (Å²) in [5.41, 5.74) is 0.746. The SMILES string of the molecule is CCCc1nnsc1C(=O)NCC(O)CC. The van der Waals surface area contributed by atoms with E-state index in [2.05, 4.69) is 14.9 Å². The number of hydrogen-bond donors (Lipinski definition) is 2. The van der Waals surface area contributed by atoms with Crippen molar-refractivity contribution in [1.82, 2.24) is 14.9 Å². The fraction of sp³-hybridized carbons (Fsp3) is 0.700. The van der Waals surface area contributed by atoms with Crippen molar-refractivity contribution in [1.29, 1.82) is 0 Å². The first-order valence-electron chi connectivity index (χ1n) is 5.46. The predicted octanol–water partition coefficient (Wildman–Crippen LogP) is 0.991. The van der Waals surface area contributed by atoms with Gasteiger partial charge < -0.3 is 10.4 Å². The lowest BCUT2D eigenvalue weighted by molar-refractivity contribution is 0.0916. The van der Waals surface area contributed by atoms with Gasteiger partial charge in [0.05, 0.1) is 11.8 Å². The molecule has 0 radical (unpaired) electrons. The lowest BCUT2D eigenvalue weighted by atomic mass is 10.2. The van der Waals surface area contributed by atoms with Crippen LogP contribution in [-0.4, -0.2) is 33.2 Å². The Morgan fingerprint density at radius 1 is 1.56 bits per heavy atom. The lowest BCUT2D eigenvalue weighted by Gasteiger charge is -2.08. The molecule has 1 amide bonds. The van der Waals surface area contributed by atoms with Crippen LogP contribution >= 0.6 is 11.5 Å². The van der Waals surface area contributed by atoms with Crippen LogP contribution in [-0.2, 0) is 6.42 Å². The second-order valence-corrected chi connectivity index (χ2v) is 4.32. The van der Waals surface area contributed by atoms with Crippen molar-refractivity contribution in [2.75, 3.05) is 6.54 Å². The van der Waals surface area contributed by atoms with E-state index in [0.717, 1.165) is 30.1 Å². The van der Waals surface area contributed by atoms with Gasteiger partial charge in [0.25, 0.3) is 5.91 Å². The number of amides is 1. The molecule has 0 bridgehead atoms. The van der Waals surface area contributed by atoms with Gasteiger partial charge in [0.15, 0.2) is 0 Å². The maximum absolute atomic E-state index is 11.7. The van der Waals surface area contributed by atoms with Gasteiger partial charge in [-0.15, -0.1) is 5.10 Å². The van der Waals surface area contributed by atoms with Crippen LogP contribution in [0.3, 0.4) is 0 Å². The minimum absolute atomic E-state index is 0.189. The predicted molar refractivity (Wildman–Crippen MR) is 62.5 cm³/mol. The first-order valence-corrected chi connectivity index (χ1v) is 6.23. The van der Waals surface area contributed by atoms with Crippen LogP contribution in [0.2, 0.25) is 0 Å². The number of aromatic nitrogens is 2. The molecule has 0 saturated carbocycles. The van der Waals surface area contributed by atoms with Gasteiger partial charge in [-0.3, -0.25) is 4.79 Å². The molecule has 0 aliphatic heterocycles. The van der Waals surface area contributed by atoms with E-state index in [-0.39, 0.29) is 12.5 Å². The zero-order valence-electron chi connectivity index (χ0n) is 9.56. The van der Waals surface area contributed by atoms with E-state index in [4.69, 9.17) is 0 Å². The van der Waals surface area contributed by atoms with Gasteiger partial charge in [0, 0.05) is 6.54 Å². The van der Waals surface area contributed by atoms with Crippen molar-refractivity contribution in [3.05, 3.63) is 10.6 Å². The van der Waals surface area contributed by atoms with Crippen LogP contribution in [0.4, 0.5) is 0 Å². The molecule has 0 aromatic carbocycles. The number of carbonyl (C=O) groups is 1. The van der Waals surface area contributed by atoms with E-state index in [0.29, 0.717) is 11.3 Å². The van der Waals surface area contributed by atoms with E-state index in [1.807, 2.05) is 13.8 Å². The number of rotatable bonds is 6. The highest BCUT2D eigenvalue weighted by Crippen LogP contribution is 2.12. The summed E-state index contributed by atoms with van der Waals surface area (Å²) < 4.78 is 3.78. The molecule has 0 aliphatic rings. The number of nitrogens with zero attached hydrogens (tertiary/aromatic N) is 2. The summed E-state index contributed by atoms with van der Waals surface area (Å²) >= 11 is 1.10. The number of carbonyl (C=O) groups excluding carboxylic acids is 1. The minimum atomic E-state index is -0.487. The molecule has 90 valence electrons. The molecule has 5 nitrogen and oxygen atoms in total. The molecule has 1 atom stereocenters. The Bertz CT molecular complexity index is 341. The summed E-state index contributed by atoms with van der Waals surface area (Å²) in [7, 11) is 0. The van der Waals surface area contributed by atoms with Crippen molar-refractivity contribution in [3.63, 3.8) is 0 Å². The quantitative estimate of drug-likeness (QED) is 0.781. The molecular weight excluding hydrogens is 226 g/mol. The highest BCUT2D eigenvalue weighted by Gasteiger charge is 2.15. The Morgan fingerprint density at radius 3 is 2.94 bits per heavy atom. The molecule has 6 heteroatoms. The monoisotopic (exact) mass is 243 g/mol. The van der Waals surface area contributed by atoms with Crippen molar-refractivity contribution in [3.8, 4) is 0 Å². The van der Waals surface area contributed by atoms with Crippen LogP contribution in [0.25, 0.3) is 0 Å². The first-order chi connectivity index (χ1) is 7.69. The van der Waals surface area contributed by atoms with Crippen LogP contribution in [0.1, 0.15) is 42.1 Å². The fourth-order valence-corrected chi connectivity index (χ4v) is 1.84. The first kappa shape index (κ1) is 13.1. The van der Waals surface area contributed by atoms with Crippen molar-refractivity contribution >= 4 is 17.4 Å². The molecule has 1 heterocycles. The summed E-state index contributed by atoms with van der Waals surface area (Å²) in [5, 5.41) is 15.9. The van der Waals surface area contributed by atoms with Gasteiger partial charge in [0.1, 0.15) is 4.88 Å². The summed E-state index contributed by atoms with van der Waals surface area (Å²) in [5.74, 6) is -0.189. The summed E-state index contributed by atoms with van der Waals surface area (Å²) in [6.07, 6.45) is 1.83. The minimum Gasteiger partial charge on any atom is -0.391 e. The number of aliphatic hydroxyl groups is 1. The van der Waals surface area contributed by atoms with Gasteiger partial charge in [-0.25, -0.2) is 0 Å². The Kier molecular flexibility index (Phi) is 5.34. The van der Waals surface area contributed by atoms with Crippen LogP contribution in [0.15, 0.2) is 0 Å². The summed E-state index contributed by atoms with van der Waals surface area (Å²) in [6.45, 7) is 4.17. The molecule has 0 spiro atoms.